The highest BCUT2D eigenvalue weighted by Gasteiger charge is 2.74. The van der Waals surface area contributed by atoms with Crippen LogP contribution in [0.1, 0.15) is 35.7 Å². The lowest BCUT2D eigenvalue weighted by atomic mass is 9.78. The summed E-state index contributed by atoms with van der Waals surface area (Å²) in [6.45, 7) is 2.19. The van der Waals surface area contributed by atoms with E-state index in [0.717, 1.165) is 0 Å². The van der Waals surface area contributed by atoms with Crippen molar-refractivity contribution >= 4 is 0 Å². The monoisotopic (exact) mass is 246 g/mol. The average molecular weight is 246 g/mol. The van der Waals surface area contributed by atoms with Crippen LogP contribution < -0.4 is 0 Å². The lowest BCUT2D eigenvalue weighted by Crippen LogP contribution is -2.21. The van der Waals surface area contributed by atoms with E-state index in [1.54, 1.807) is 0 Å². The van der Waals surface area contributed by atoms with Crippen molar-refractivity contribution in [3.05, 3.63) is 71.3 Å². The summed E-state index contributed by atoms with van der Waals surface area (Å²) in [5.41, 5.74) is 3.45. The smallest absolute Gasteiger partial charge is 0.156 e. The molecular weight excluding hydrogens is 232 g/mol. The van der Waals surface area contributed by atoms with Crippen molar-refractivity contribution in [3.8, 4) is 6.07 Å². The minimum absolute atomic E-state index is 0.276. The molecule has 0 bridgehead atoms. The first-order valence-corrected chi connectivity index (χ1v) is 6.65. The fraction of sp³-hybridized carbons (Fsp3) is 0.235. The van der Waals surface area contributed by atoms with E-state index in [0.29, 0.717) is 6.04 Å². The lowest BCUT2D eigenvalue weighted by molar-refractivity contribution is 0.375. The topological polar surface area (TPSA) is 26.8 Å². The molecule has 92 valence electrons. The van der Waals surface area contributed by atoms with Crippen LogP contribution in [-0.2, 0) is 5.54 Å². The summed E-state index contributed by atoms with van der Waals surface area (Å²) in [6, 6.07) is 21.8. The standard InChI is InChI=1S/C17H14N2/c1-12(13-7-3-2-4-8-13)19-16-14-9-5-6-10-15(14)17(16,19)11-18/h2-10,12,16H,1H3. The van der Waals surface area contributed by atoms with Gasteiger partial charge in [-0.2, -0.15) is 5.26 Å². The molecule has 1 aliphatic heterocycles. The highest BCUT2D eigenvalue weighted by atomic mass is 15.4. The molecule has 4 rings (SSSR count). The summed E-state index contributed by atoms with van der Waals surface area (Å²) in [5.74, 6) is 0. The molecule has 2 heteroatoms. The summed E-state index contributed by atoms with van der Waals surface area (Å²) in [6.07, 6.45) is 0. The minimum Gasteiger partial charge on any atom is -0.263 e. The second-order valence-corrected chi connectivity index (χ2v) is 5.36. The van der Waals surface area contributed by atoms with Gasteiger partial charge in [-0.15, -0.1) is 0 Å². The van der Waals surface area contributed by atoms with E-state index in [2.05, 4.69) is 60.4 Å². The number of hydrogen-bond donors (Lipinski definition) is 0. The van der Waals surface area contributed by atoms with Gasteiger partial charge in [-0.25, -0.2) is 0 Å². The fourth-order valence-corrected chi connectivity index (χ4v) is 3.58. The highest BCUT2D eigenvalue weighted by Crippen LogP contribution is 2.72. The zero-order chi connectivity index (χ0) is 13.0. The van der Waals surface area contributed by atoms with Crippen LogP contribution in [0.4, 0.5) is 0 Å². The second kappa shape index (κ2) is 3.46. The number of benzene rings is 2. The van der Waals surface area contributed by atoms with Gasteiger partial charge in [0.15, 0.2) is 5.54 Å². The normalized spacial score (nSPS) is 31.4. The maximum Gasteiger partial charge on any atom is 0.156 e. The van der Waals surface area contributed by atoms with E-state index in [1.807, 2.05) is 12.1 Å². The summed E-state index contributed by atoms with van der Waals surface area (Å²) >= 11 is 0. The molecule has 2 aromatic rings. The van der Waals surface area contributed by atoms with Crippen molar-refractivity contribution in [1.82, 2.24) is 4.90 Å². The number of fused-ring (bicyclic) bond motifs is 4. The van der Waals surface area contributed by atoms with Crippen LogP contribution in [-0.4, -0.2) is 4.90 Å². The molecule has 1 aliphatic carbocycles. The molecule has 0 aromatic heterocycles. The van der Waals surface area contributed by atoms with E-state index in [9.17, 15) is 5.26 Å². The Balaban J connectivity index is 1.73. The summed E-state index contributed by atoms with van der Waals surface area (Å²) in [5, 5.41) is 9.61. The SMILES string of the molecule is CC(c1ccccc1)N1C2c3ccccc3C21C#N. The third-order valence-corrected chi connectivity index (χ3v) is 4.55. The summed E-state index contributed by atoms with van der Waals surface area (Å²) < 4.78 is 0. The molecule has 2 nitrogen and oxygen atoms in total. The van der Waals surface area contributed by atoms with Crippen molar-refractivity contribution in [2.45, 2.75) is 24.5 Å². The Labute approximate surface area is 112 Å². The van der Waals surface area contributed by atoms with Crippen LogP contribution in [0.3, 0.4) is 0 Å². The van der Waals surface area contributed by atoms with Gasteiger partial charge in [0.1, 0.15) is 0 Å². The predicted molar refractivity (Wildman–Crippen MR) is 73.2 cm³/mol. The Morgan fingerprint density at radius 3 is 2.53 bits per heavy atom. The van der Waals surface area contributed by atoms with Gasteiger partial charge in [0.2, 0.25) is 0 Å². The van der Waals surface area contributed by atoms with E-state index >= 15 is 0 Å². The molecule has 0 radical (unpaired) electrons. The van der Waals surface area contributed by atoms with E-state index in [1.165, 1.54) is 16.7 Å². The molecule has 1 heterocycles. The van der Waals surface area contributed by atoms with Crippen molar-refractivity contribution in [2.75, 3.05) is 0 Å². The van der Waals surface area contributed by atoms with Crippen molar-refractivity contribution in [1.29, 1.82) is 5.26 Å². The molecule has 4 atom stereocenters. The van der Waals surface area contributed by atoms with Crippen molar-refractivity contribution < 1.29 is 0 Å². The molecule has 0 N–H and O–H groups in total. The molecule has 1 saturated heterocycles. The van der Waals surface area contributed by atoms with Crippen LogP contribution in [0.15, 0.2) is 54.6 Å². The van der Waals surface area contributed by atoms with E-state index < -0.39 is 0 Å². The largest absolute Gasteiger partial charge is 0.263 e. The second-order valence-electron chi connectivity index (χ2n) is 5.36. The first kappa shape index (κ1) is 10.8. The number of hydrogen-bond acceptors (Lipinski definition) is 2. The molecule has 0 saturated carbocycles. The molecule has 0 amide bonds. The average Bonchev–Trinajstić information content (AvgIpc) is 3.08. The Kier molecular flexibility index (Phi) is 1.97. The zero-order valence-electron chi connectivity index (χ0n) is 10.7. The maximum absolute atomic E-state index is 9.61. The van der Waals surface area contributed by atoms with Crippen molar-refractivity contribution in [2.24, 2.45) is 0 Å². The molecule has 2 aliphatic rings. The third kappa shape index (κ3) is 1.14. The van der Waals surface area contributed by atoms with Crippen molar-refractivity contribution in [3.63, 3.8) is 0 Å². The summed E-state index contributed by atoms with van der Waals surface area (Å²) in [4.78, 5) is 2.33. The quantitative estimate of drug-likeness (QED) is 0.758. The highest BCUT2D eigenvalue weighted by molar-refractivity contribution is 5.62. The first-order chi connectivity index (χ1) is 9.30. The first-order valence-electron chi connectivity index (χ1n) is 6.65. The van der Waals surface area contributed by atoms with Crippen LogP contribution in [0.2, 0.25) is 0 Å². The Hall–Kier alpha value is -2.11. The lowest BCUT2D eigenvalue weighted by Gasteiger charge is -2.20. The van der Waals surface area contributed by atoms with Gasteiger partial charge < -0.3 is 0 Å². The minimum atomic E-state index is -0.355. The molecule has 2 aromatic carbocycles. The van der Waals surface area contributed by atoms with Crippen LogP contribution in [0.5, 0.6) is 0 Å². The van der Waals surface area contributed by atoms with Gasteiger partial charge in [0.05, 0.1) is 12.1 Å². The fourth-order valence-electron chi connectivity index (χ4n) is 3.58. The van der Waals surface area contributed by atoms with Gasteiger partial charge in [-0.05, 0) is 23.6 Å². The van der Waals surface area contributed by atoms with Gasteiger partial charge in [0.25, 0.3) is 0 Å². The van der Waals surface area contributed by atoms with Gasteiger partial charge in [0, 0.05) is 6.04 Å². The Bertz CT molecular complexity index is 686. The predicted octanol–water partition coefficient (Wildman–Crippen LogP) is 3.54. The molecule has 19 heavy (non-hydrogen) atoms. The third-order valence-electron chi connectivity index (χ3n) is 4.55. The van der Waals surface area contributed by atoms with Crippen LogP contribution in [0, 0.1) is 11.3 Å². The zero-order valence-corrected chi connectivity index (χ0v) is 10.7. The number of rotatable bonds is 2. The van der Waals surface area contributed by atoms with Crippen LogP contribution >= 0.6 is 0 Å². The van der Waals surface area contributed by atoms with E-state index in [4.69, 9.17) is 0 Å². The Morgan fingerprint density at radius 1 is 1.11 bits per heavy atom. The summed E-state index contributed by atoms with van der Waals surface area (Å²) in [7, 11) is 0. The molecular formula is C17H14N2. The van der Waals surface area contributed by atoms with Gasteiger partial charge in [-0.3, -0.25) is 4.90 Å². The number of nitrogens with zero attached hydrogens (tertiary/aromatic N) is 2. The van der Waals surface area contributed by atoms with Gasteiger partial charge in [-0.1, -0.05) is 54.6 Å². The molecule has 4 unspecified atom stereocenters. The van der Waals surface area contributed by atoms with E-state index in [-0.39, 0.29) is 11.6 Å². The molecule has 0 spiro atoms. The number of nitriles is 1. The van der Waals surface area contributed by atoms with Crippen LogP contribution in [0.25, 0.3) is 0 Å². The maximum atomic E-state index is 9.61. The van der Waals surface area contributed by atoms with Gasteiger partial charge >= 0.3 is 0 Å². The molecule has 1 fully saturated rings. The Morgan fingerprint density at radius 2 is 1.79 bits per heavy atom.